The van der Waals surface area contributed by atoms with Gasteiger partial charge < -0.3 is 10.1 Å². The van der Waals surface area contributed by atoms with Gasteiger partial charge in [-0.25, -0.2) is 0 Å². The molecule has 0 radical (unpaired) electrons. The minimum Gasteiger partial charge on any atom is -0.489 e. The van der Waals surface area contributed by atoms with Crippen LogP contribution in [0.4, 0.5) is 0 Å². The highest BCUT2D eigenvalue weighted by molar-refractivity contribution is 9.10. The van der Waals surface area contributed by atoms with E-state index in [1.54, 1.807) is 0 Å². The average Bonchev–Trinajstić information content (AvgIpc) is 2.33. The number of benzene rings is 1. The van der Waals surface area contributed by atoms with Crippen LogP contribution in [0.25, 0.3) is 0 Å². The van der Waals surface area contributed by atoms with Gasteiger partial charge in [0.2, 0.25) is 0 Å². The molecule has 2 rings (SSSR count). The third-order valence-electron chi connectivity index (χ3n) is 3.68. The fourth-order valence-corrected chi connectivity index (χ4v) is 2.82. The van der Waals surface area contributed by atoms with Crippen LogP contribution in [0, 0.1) is 5.41 Å². The van der Waals surface area contributed by atoms with Crippen molar-refractivity contribution >= 4 is 15.9 Å². The average molecular weight is 326 g/mol. The van der Waals surface area contributed by atoms with Crippen LogP contribution in [0.15, 0.2) is 22.7 Å². The zero-order valence-electron chi connectivity index (χ0n) is 12.3. The van der Waals surface area contributed by atoms with E-state index < -0.39 is 0 Å². The van der Waals surface area contributed by atoms with Crippen LogP contribution in [0.3, 0.4) is 0 Å². The Hall–Kier alpha value is -0.540. The first-order chi connectivity index (χ1) is 8.91. The Kier molecular flexibility index (Phi) is 4.57. The van der Waals surface area contributed by atoms with Gasteiger partial charge in [-0.05, 0) is 30.5 Å². The predicted molar refractivity (Wildman–Crippen MR) is 83.7 cm³/mol. The minimum atomic E-state index is 0.159. The molecule has 2 nitrogen and oxygen atoms in total. The van der Waals surface area contributed by atoms with E-state index in [2.05, 4.69) is 67.1 Å². The number of nitrogens with one attached hydrogen (secondary N) is 1. The van der Waals surface area contributed by atoms with Gasteiger partial charge in [0.05, 0.1) is 0 Å². The molecule has 1 aliphatic heterocycles. The smallest absolute Gasteiger partial charge is 0.125 e. The second-order valence-corrected chi connectivity index (χ2v) is 7.31. The van der Waals surface area contributed by atoms with E-state index >= 15 is 0 Å². The van der Waals surface area contributed by atoms with Crippen molar-refractivity contribution in [1.29, 1.82) is 0 Å². The monoisotopic (exact) mass is 325 g/mol. The second kappa shape index (κ2) is 5.84. The van der Waals surface area contributed by atoms with Crippen molar-refractivity contribution in [2.24, 2.45) is 5.41 Å². The lowest BCUT2D eigenvalue weighted by atomic mass is 9.82. The van der Waals surface area contributed by atoms with E-state index in [0.717, 1.165) is 29.6 Å². The van der Waals surface area contributed by atoms with E-state index in [4.69, 9.17) is 4.74 Å². The van der Waals surface area contributed by atoms with Crippen LogP contribution >= 0.6 is 15.9 Å². The molecule has 0 bridgehead atoms. The van der Waals surface area contributed by atoms with Gasteiger partial charge in [-0.3, -0.25) is 0 Å². The van der Waals surface area contributed by atoms with Crippen LogP contribution in [0.2, 0.25) is 0 Å². The Bertz CT molecular complexity index is 439. The lowest BCUT2D eigenvalue weighted by Gasteiger charge is -2.39. The second-order valence-electron chi connectivity index (χ2n) is 6.40. The van der Waals surface area contributed by atoms with Gasteiger partial charge in [-0.15, -0.1) is 0 Å². The van der Waals surface area contributed by atoms with Gasteiger partial charge >= 0.3 is 0 Å². The van der Waals surface area contributed by atoms with Crippen molar-refractivity contribution < 1.29 is 4.74 Å². The number of ether oxygens (including phenoxy) is 1. The van der Waals surface area contributed by atoms with Crippen LogP contribution in [-0.4, -0.2) is 12.6 Å². The number of rotatable bonds is 3. The van der Waals surface area contributed by atoms with Crippen molar-refractivity contribution in [2.75, 3.05) is 6.54 Å². The molecule has 2 unspecified atom stereocenters. The summed E-state index contributed by atoms with van der Waals surface area (Å²) >= 11 is 3.53. The molecule has 1 aromatic carbocycles. The summed E-state index contributed by atoms with van der Waals surface area (Å²) in [7, 11) is 0. The zero-order chi connectivity index (χ0) is 14.0. The number of hydrogen-bond acceptors (Lipinski definition) is 2. The molecule has 0 saturated carbocycles. The van der Waals surface area contributed by atoms with Crippen molar-refractivity contribution in [3.63, 3.8) is 0 Å². The maximum absolute atomic E-state index is 6.22. The summed E-state index contributed by atoms with van der Waals surface area (Å²) in [6, 6.07) is 6.76. The topological polar surface area (TPSA) is 21.3 Å². The maximum atomic E-state index is 6.22. The van der Waals surface area contributed by atoms with Crippen molar-refractivity contribution in [1.82, 2.24) is 5.32 Å². The van der Waals surface area contributed by atoms with Gasteiger partial charge in [0, 0.05) is 22.5 Å². The van der Waals surface area contributed by atoms with Crippen LogP contribution < -0.4 is 10.1 Å². The molecular weight excluding hydrogens is 302 g/mol. The third-order valence-corrected chi connectivity index (χ3v) is 4.17. The molecule has 2 atom stereocenters. The predicted octanol–water partition coefficient (Wildman–Crippen LogP) is 4.69. The number of fused-ring (bicyclic) bond motifs is 1. The normalized spacial score (nSPS) is 22.8. The Morgan fingerprint density at radius 3 is 2.74 bits per heavy atom. The molecule has 0 spiro atoms. The van der Waals surface area contributed by atoms with Crippen LogP contribution in [-0.2, 0) is 0 Å². The molecule has 1 heterocycles. The maximum Gasteiger partial charge on any atom is 0.125 e. The molecule has 1 aromatic rings. The first-order valence-corrected chi connectivity index (χ1v) is 7.90. The molecule has 0 saturated heterocycles. The van der Waals surface area contributed by atoms with Gasteiger partial charge in [0.1, 0.15) is 11.9 Å². The quantitative estimate of drug-likeness (QED) is 0.870. The Balaban J connectivity index is 2.29. The summed E-state index contributed by atoms with van der Waals surface area (Å²) in [5, 5.41) is 3.65. The number of halogens is 1. The van der Waals surface area contributed by atoms with E-state index in [-0.39, 0.29) is 11.5 Å². The molecule has 0 aromatic heterocycles. The Labute approximate surface area is 125 Å². The molecule has 0 fully saturated rings. The lowest BCUT2D eigenvalue weighted by molar-refractivity contribution is 0.0528. The van der Waals surface area contributed by atoms with E-state index in [9.17, 15) is 0 Å². The summed E-state index contributed by atoms with van der Waals surface area (Å²) in [4.78, 5) is 0. The molecule has 1 N–H and O–H groups in total. The molecule has 19 heavy (non-hydrogen) atoms. The Morgan fingerprint density at radius 1 is 1.37 bits per heavy atom. The first kappa shape index (κ1) is 14.9. The Morgan fingerprint density at radius 2 is 2.11 bits per heavy atom. The standard InChI is InChI=1S/C16H24BrNO/c1-5-8-18-13-10-15(16(2,3)4)19-14-9-11(17)6-7-12(13)14/h6-7,9,13,15,18H,5,8,10H2,1-4H3. The fraction of sp³-hybridized carbons (Fsp3) is 0.625. The van der Waals surface area contributed by atoms with E-state index in [0.29, 0.717) is 6.04 Å². The summed E-state index contributed by atoms with van der Waals surface area (Å²) in [6.45, 7) is 10.00. The van der Waals surface area contributed by atoms with Crippen molar-refractivity contribution in [3.05, 3.63) is 28.2 Å². The summed E-state index contributed by atoms with van der Waals surface area (Å²) in [5.41, 5.74) is 1.45. The van der Waals surface area contributed by atoms with Crippen molar-refractivity contribution in [3.8, 4) is 5.75 Å². The molecular formula is C16H24BrNO. The van der Waals surface area contributed by atoms with E-state index in [1.165, 1.54) is 5.56 Å². The van der Waals surface area contributed by atoms with Crippen molar-refractivity contribution in [2.45, 2.75) is 52.7 Å². The summed E-state index contributed by atoms with van der Waals surface area (Å²) in [5.74, 6) is 1.02. The largest absolute Gasteiger partial charge is 0.489 e. The van der Waals surface area contributed by atoms with Gasteiger partial charge in [-0.1, -0.05) is 49.7 Å². The van der Waals surface area contributed by atoms with E-state index in [1.807, 2.05) is 0 Å². The highest BCUT2D eigenvalue weighted by Crippen LogP contribution is 2.41. The summed E-state index contributed by atoms with van der Waals surface area (Å²) in [6.07, 6.45) is 2.45. The SMILES string of the molecule is CCCNC1CC(C(C)(C)C)Oc2cc(Br)ccc21. The van der Waals surface area contributed by atoms with Gasteiger partial charge in [-0.2, -0.15) is 0 Å². The molecule has 3 heteroatoms. The third kappa shape index (κ3) is 3.51. The molecule has 0 aliphatic carbocycles. The molecule has 106 valence electrons. The highest BCUT2D eigenvalue weighted by Gasteiger charge is 2.35. The summed E-state index contributed by atoms with van der Waals surface area (Å²) < 4.78 is 7.30. The number of hydrogen-bond donors (Lipinski definition) is 1. The molecule has 1 aliphatic rings. The molecule has 0 amide bonds. The fourth-order valence-electron chi connectivity index (χ4n) is 2.48. The van der Waals surface area contributed by atoms with Crippen LogP contribution in [0.5, 0.6) is 5.75 Å². The minimum absolute atomic E-state index is 0.159. The van der Waals surface area contributed by atoms with Gasteiger partial charge in [0.15, 0.2) is 0 Å². The highest BCUT2D eigenvalue weighted by atomic mass is 79.9. The van der Waals surface area contributed by atoms with Crippen LogP contribution in [0.1, 0.15) is 52.1 Å². The van der Waals surface area contributed by atoms with Gasteiger partial charge in [0.25, 0.3) is 0 Å². The first-order valence-electron chi connectivity index (χ1n) is 7.11. The zero-order valence-corrected chi connectivity index (χ0v) is 13.9. The lowest BCUT2D eigenvalue weighted by Crippen LogP contribution is -2.40.